The third-order valence-corrected chi connectivity index (χ3v) is 3.49. The molecule has 1 saturated heterocycles. The standard InChI is InChI=1S/C13H16ClNO2/c1-9(16)12-4-3-10(7-13(12)14)15-6-5-11(8-15)17-2/h3-4,7,11H,5-6,8H2,1-2H3. The van der Waals surface area contributed by atoms with Crippen LogP contribution in [0.1, 0.15) is 23.7 Å². The zero-order valence-electron chi connectivity index (χ0n) is 10.1. The number of ketones is 1. The van der Waals surface area contributed by atoms with E-state index in [9.17, 15) is 4.79 Å². The first kappa shape index (κ1) is 12.4. The number of nitrogens with zero attached hydrogens (tertiary/aromatic N) is 1. The van der Waals surface area contributed by atoms with Gasteiger partial charge in [-0.05, 0) is 31.5 Å². The predicted molar refractivity (Wildman–Crippen MR) is 69.1 cm³/mol. The number of carbonyl (C=O) groups is 1. The minimum Gasteiger partial charge on any atom is -0.380 e. The second-order valence-electron chi connectivity index (χ2n) is 4.31. The van der Waals surface area contributed by atoms with E-state index < -0.39 is 0 Å². The summed E-state index contributed by atoms with van der Waals surface area (Å²) in [5.41, 5.74) is 1.64. The van der Waals surface area contributed by atoms with Gasteiger partial charge >= 0.3 is 0 Å². The molecule has 0 aromatic heterocycles. The van der Waals surface area contributed by atoms with Crippen LogP contribution < -0.4 is 4.90 Å². The Hall–Kier alpha value is -1.06. The lowest BCUT2D eigenvalue weighted by Gasteiger charge is -2.19. The SMILES string of the molecule is COC1CCN(c2ccc(C(C)=O)c(Cl)c2)C1. The molecule has 1 aliphatic heterocycles. The van der Waals surface area contributed by atoms with E-state index in [4.69, 9.17) is 16.3 Å². The van der Waals surface area contributed by atoms with Crippen LogP contribution in [-0.4, -0.2) is 32.1 Å². The summed E-state index contributed by atoms with van der Waals surface area (Å²) in [4.78, 5) is 13.5. The summed E-state index contributed by atoms with van der Waals surface area (Å²) in [6.07, 6.45) is 1.32. The number of ether oxygens (including phenoxy) is 1. The van der Waals surface area contributed by atoms with E-state index in [1.54, 1.807) is 13.2 Å². The molecule has 0 amide bonds. The number of rotatable bonds is 3. The van der Waals surface area contributed by atoms with Crippen molar-refractivity contribution >= 4 is 23.1 Å². The Kier molecular flexibility index (Phi) is 3.69. The number of hydrogen-bond donors (Lipinski definition) is 0. The average Bonchev–Trinajstić information content (AvgIpc) is 2.76. The van der Waals surface area contributed by atoms with Gasteiger partial charge in [-0.3, -0.25) is 4.79 Å². The molecule has 1 unspecified atom stereocenters. The normalized spacial score (nSPS) is 19.7. The van der Waals surface area contributed by atoms with Gasteiger partial charge in [-0.2, -0.15) is 0 Å². The Morgan fingerprint density at radius 1 is 1.53 bits per heavy atom. The van der Waals surface area contributed by atoms with Crippen molar-refractivity contribution in [3.8, 4) is 0 Å². The van der Waals surface area contributed by atoms with Gasteiger partial charge in [0.15, 0.2) is 5.78 Å². The monoisotopic (exact) mass is 253 g/mol. The zero-order valence-corrected chi connectivity index (χ0v) is 10.8. The molecule has 0 aliphatic carbocycles. The molecule has 3 nitrogen and oxygen atoms in total. The molecule has 92 valence electrons. The molecule has 1 aliphatic rings. The first-order valence-corrected chi connectivity index (χ1v) is 6.08. The van der Waals surface area contributed by atoms with Crippen LogP contribution in [0.15, 0.2) is 18.2 Å². The van der Waals surface area contributed by atoms with Gasteiger partial charge in [0.25, 0.3) is 0 Å². The molecule has 0 saturated carbocycles. The molecule has 1 fully saturated rings. The fourth-order valence-electron chi connectivity index (χ4n) is 2.14. The lowest BCUT2D eigenvalue weighted by molar-refractivity contribution is 0.101. The summed E-state index contributed by atoms with van der Waals surface area (Å²) >= 11 is 6.09. The van der Waals surface area contributed by atoms with Crippen molar-refractivity contribution in [1.29, 1.82) is 0 Å². The quantitative estimate of drug-likeness (QED) is 0.776. The molecule has 17 heavy (non-hydrogen) atoms. The summed E-state index contributed by atoms with van der Waals surface area (Å²) in [5, 5.41) is 0.524. The molecule has 4 heteroatoms. The summed E-state index contributed by atoms with van der Waals surface area (Å²) in [6.45, 7) is 3.37. The van der Waals surface area contributed by atoms with Gasteiger partial charge < -0.3 is 9.64 Å². The van der Waals surface area contributed by atoms with Gasteiger partial charge in [-0.25, -0.2) is 0 Å². The molecule has 0 bridgehead atoms. The fraction of sp³-hybridized carbons (Fsp3) is 0.462. The first-order valence-electron chi connectivity index (χ1n) is 5.70. The van der Waals surface area contributed by atoms with E-state index in [2.05, 4.69) is 4.90 Å². The van der Waals surface area contributed by atoms with E-state index >= 15 is 0 Å². The van der Waals surface area contributed by atoms with Crippen LogP contribution >= 0.6 is 11.6 Å². The minimum absolute atomic E-state index is 0.00209. The summed E-state index contributed by atoms with van der Waals surface area (Å²) in [6, 6.07) is 5.59. The van der Waals surface area contributed by atoms with Crippen LogP contribution in [-0.2, 0) is 4.74 Å². The van der Waals surface area contributed by atoms with Gasteiger partial charge in [-0.1, -0.05) is 11.6 Å². The topological polar surface area (TPSA) is 29.5 Å². The van der Waals surface area contributed by atoms with E-state index in [0.29, 0.717) is 16.7 Å². The highest BCUT2D eigenvalue weighted by atomic mass is 35.5. The van der Waals surface area contributed by atoms with Crippen molar-refractivity contribution in [3.05, 3.63) is 28.8 Å². The maximum absolute atomic E-state index is 11.3. The largest absolute Gasteiger partial charge is 0.380 e. The van der Waals surface area contributed by atoms with Crippen LogP contribution in [0.2, 0.25) is 5.02 Å². The second kappa shape index (κ2) is 5.07. The number of benzene rings is 1. The molecular weight excluding hydrogens is 238 g/mol. The predicted octanol–water partition coefficient (Wildman–Crippen LogP) is 2.77. The summed E-state index contributed by atoms with van der Waals surface area (Å²) < 4.78 is 5.33. The fourth-order valence-corrected chi connectivity index (χ4v) is 2.45. The molecule has 2 rings (SSSR count). The van der Waals surface area contributed by atoms with Crippen molar-refractivity contribution in [3.63, 3.8) is 0 Å². The molecule has 1 aromatic carbocycles. The smallest absolute Gasteiger partial charge is 0.161 e. The first-order chi connectivity index (χ1) is 8.11. The number of Topliss-reactive ketones (excluding diaryl/α,β-unsaturated/α-hetero) is 1. The Morgan fingerprint density at radius 2 is 2.29 bits per heavy atom. The maximum Gasteiger partial charge on any atom is 0.161 e. The van der Waals surface area contributed by atoms with E-state index in [1.807, 2.05) is 12.1 Å². The number of methoxy groups -OCH3 is 1. The second-order valence-corrected chi connectivity index (χ2v) is 4.72. The van der Waals surface area contributed by atoms with E-state index in [0.717, 1.165) is 25.2 Å². The Balaban J connectivity index is 2.18. The van der Waals surface area contributed by atoms with Gasteiger partial charge in [-0.15, -0.1) is 0 Å². The summed E-state index contributed by atoms with van der Waals surface area (Å²) in [5.74, 6) is -0.00209. The minimum atomic E-state index is -0.00209. The average molecular weight is 254 g/mol. The Morgan fingerprint density at radius 3 is 2.82 bits per heavy atom. The number of hydrogen-bond acceptors (Lipinski definition) is 3. The van der Waals surface area contributed by atoms with Crippen molar-refractivity contribution < 1.29 is 9.53 Å². The van der Waals surface area contributed by atoms with E-state index in [1.165, 1.54) is 6.92 Å². The Labute approximate surface area is 106 Å². The Bertz CT molecular complexity index is 433. The van der Waals surface area contributed by atoms with Crippen LogP contribution in [0.5, 0.6) is 0 Å². The van der Waals surface area contributed by atoms with Gasteiger partial charge in [0.05, 0.1) is 11.1 Å². The highest BCUT2D eigenvalue weighted by Gasteiger charge is 2.22. The molecule has 1 atom stereocenters. The maximum atomic E-state index is 11.3. The third-order valence-electron chi connectivity index (χ3n) is 3.18. The zero-order chi connectivity index (χ0) is 12.4. The lowest BCUT2D eigenvalue weighted by Crippen LogP contribution is -2.22. The van der Waals surface area contributed by atoms with Crippen LogP contribution in [0.4, 0.5) is 5.69 Å². The van der Waals surface area contributed by atoms with Crippen molar-refractivity contribution in [2.24, 2.45) is 0 Å². The molecule has 0 radical (unpaired) electrons. The molecule has 1 aromatic rings. The lowest BCUT2D eigenvalue weighted by atomic mass is 10.1. The molecular formula is C13H16ClNO2. The van der Waals surface area contributed by atoms with Crippen molar-refractivity contribution in [2.45, 2.75) is 19.4 Å². The number of anilines is 1. The molecule has 1 heterocycles. The van der Waals surface area contributed by atoms with Gasteiger partial charge in [0.1, 0.15) is 0 Å². The molecule has 0 spiro atoms. The van der Waals surface area contributed by atoms with Crippen molar-refractivity contribution in [2.75, 3.05) is 25.1 Å². The summed E-state index contributed by atoms with van der Waals surface area (Å²) in [7, 11) is 1.74. The van der Waals surface area contributed by atoms with Gasteiger partial charge in [0, 0.05) is 31.5 Å². The van der Waals surface area contributed by atoms with Crippen LogP contribution in [0.25, 0.3) is 0 Å². The van der Waals surface area contributed by atoms with Crippen molar-refractivity contribution in [1.82, 2.24) is 0 Å². The number of halogens is 1. The third kappa shape index (κ3) is 2.61. The van der Waals surface area contributed by atoms with E-state index in [-0.39, 0.29) is 5.78 Å². The molecule has 0 N–H and O–H groups in total. The van der Waals surface area contributed by atoms with Crippen LogP contribution in [0.3, 0.4) is 0 Å². The number of carbonyl (C=O) groups excluding carboxylic acids is 1. The van der Waals surface area contributed by atoms with Gasteiger partial charge in [0.2, 0.25) is 0 Å². The highest BCUT2D eigenvalue weighted by molar-refractivity contribution is 6.34. The highest BCUT2D eigenvalue weighted by Crippen LogP contribution is 2.27. The van der Waals surface area contributed by atoms with Crippen LogP contribution in [0, 0.1) is 0 Å².